The lowest BCUT2D eigenvalue weighted by molar-refractivity contribution is 0.355. The first-order valence-corrected chi connectivity index (χ1v) is 9.60. The SMILES string of the molecule is COc1ccc(-c2nnc3n2NC(c2ccc(OC)c(OC)c2)=CS3)c(OC)c1. The summed E-state index contributed by atoms with van der Waals surface area (Å²) in [6.45, 7) is 0. The Bertz CT molecular complexity index is 1080. The van der Waals surface area contributed by atoms with Crippen LogP contribution in [0.5, 0.6) is 23.0 Å². The van der Waals surface area contributed by atoms with Gasteiger partial charge < -0.3 is 18.9 Å². The maximum Gasteiger partial charge on any atom is 0.214 e. The third-order valence-electron chi connectivity index (χ3n) is 4.49. The summed E-state index contributed by atoms with van der Waals surface area (Å²) in [5.74, 6) is 3.32. The van der Waals surface area contributed by atoms with Gasteiger partial charge in [-0.25, -0.2) is 4.68 Å². The summed E-state index contributed by atoms with van der Waals surface area (Å²) in [6, 6.07) is 11.3. The van der Waals surface area contributed by atoms with Gasteiger partial charge in [-0.05, 0) is 30.3 Å². The molecule has 0 unspecified atom stereocenters. The van der Waals surface area contributed by atoms with Crippen LogP contribution >= 0.6 is 11.8 Å². The largest absolute Gasteiger partial charge is 0.497 e. The number of aromatic nitrogens is 3. The van der Waals surface area contributed by atoms with Gasteiger partial charge in [-0.3, -0.25) is 5.43 Å². The van der Waals surface area contributed by atoms with E-state index < -0.39 is 0 Å². The first kappa shape index (κ1) is 19.0. The van der Waals surface area contributed by atoms with Crippen molar-refractivity contribution in [2.24, 2.45) is 0 Å². The first-order valence-electron chi connectivity index (χ1n) is 8.72. The van der Waals surface area contributed by atoms with Crippen LogP contribution in [0.3, 0.4) is 0 Å². The highest BCUT2D eigenvalue weighted by atomic mass is 32.2. The van der Waals surface area contributed by atoms with Crippen molar-refractivity contribution in [3.63, 3.8) is 0 Å². The van der Waals surface area contributed by atoms with Gasteiger partial charge in [0.1, 0.15) is 11.5 Å². The van der Waals surface area contributed by atoms with Crippen LogP contribution in [0.2, 0.25) is 0 Å². The number of ether oxygens (including phenoxy) is 4. The van der Waals surface area contributed by atoms with E-state index in [-0.39, 0.29) is 0 Å². The summed E-state index contributed by atoms with van der Waals surface area (Å²) in [7, 11) is 6.46. The Balaban J connectivity index is 1.70. The molecule has 0 radical (unpaired) electrons. The smallest absolute Gasteiger partial charge is 0.214 e. The Morgan fingerprint density at radius 3 is 2.34 bits per heavy atom. The summed E-state index contributed by atoms with van der Waals surface area (Å²) in [4.78, 5) is 0. The summed E-state index contributed by atoms with van der Waals surface area (Å²) < 4.78 is 23.4. The van der Waals surface area contributed by atoms with Gasteiger partial charge in [-0.2, -0.15) is 0 Å². The van der Waals surface area contributed by atoms with E-state index in [1.165, 1.54) is 11.8 Å². The van der Waals surface area contributed by atoms with Gasteiger partial charge in [-0.1, -0.05) is 11.8 Å². The fourth-order valence-corrected chi connectivity index (χ4v) is 3.74. The summed E-state index contributed by atoms with van der Waals surface area (Å²) >= 11 is 1.48. The molecule has 0 atom stereocenters. The van der Waals surface area contributed by atoms with Gasteiger partial charge in [0.05, 0.1) is 39.7 Å². The van der Waals surface area contributed by atoms with Crippen LogP contribution in [-0.2, 0) is 0 Å². The molecule has 0 spiro atoms. The molecule has 0 saturated heterocycles. The third kappa shape index (κ3) is 3.44. The average molecular weight is 412 g/mol. The van der Waals surface area contributed by atoms with Gasteiger partial charge in [0.2, 0.25) is 5.16 Å². The Labute approximate surface area is 172 Å². The minimum Gasteiger partial charge on any atom is -0.497 e. The second-order valence-corrected chi connectivity index (χ2v) is 6.88. The highest BCUT2D eigenvalue weighted by Crippen LogP contribution is 2.37. The molecule has 3 aromatic rings. The zero-order valence-electron chi connectivity index (χ0n) is 16.4. The second kappa shape index (κ2) is 7.96. The standard InChI is InChI=1S/C20H20N4O4S/c1-25-13-6-7-14(17(10-13)27-3)19-21-22-20-24(19)23-15(11-29-20)12-5-8-16(26-2)18(9-12)28-4/h5-11,23H,1-4H3. The molecule has 0 amide bonds. The minimum absolute atomic E-state index is 0.637. The molecular formula is C20H20N4O4S. The highest BCUT2D eigenvalue weighted by Gasteiger charge is 2.22. The predicted octanol–water partition coefficient (Wildman–Crippen LogP) is 3.63. The van der Waals surface area contributed by atoms with E-state index in [0.29, 0.717) is 28.8 Å². The van der Waals surface area contributed by atoms with Crippen LogP contribution in [0.15, 0.2) is 47.0 Å². The lowest BCUT2D eigenvalue weighted by Crippen LogP contribution is -2.18. The zero-order valence-corrected chi connectivity index (χ0v) is 17.2. The number of fused-ring (bicyclic) bond motifs is 1. The second-order valence-electron chi connectivity index (χ2n) is 6.04. The van der Waals surface area contributed by atoms with Crippen molar-refractivity contribution in [2.75, 3.05) is 33.9 Å². The van der Waals surface area contributed by atoms with Crippen LogP contribution in [0.4, 0.5) is 0 Å². The Kier molecular flexibility index (Phi) is 5.22. The van der Waals surface area contributed by atoms with E-state index in [4.69, 9.17) is 18.9 Å². The number of hydrogen-bond donors (Lipinski definition) is 1. The maximum atomic E-state index is 5.53. The Morgan fingerprint density at radius 1 is 0.828 bits per heavy atom. The number of hydrogen-bond acceptors (Lipinski definition) is 8. The normalized spacial score (nSPS) is 12.5. The number of nitrogens with one attached hydrogen (secondary N) is 1. The van der Waals surface area contributed by atoms with Crippen molar-refractivity contribution in [3.05, 3.63) is 47.4 Å². The van der Waals surface area contributed by atoms with Gasteiger partial charge in [0, 0.05) is 17.0 Å². The van der Waals surface area contributed by atoms with Crippen molar-refractivity contribution in [2.45, 2.75) is 5.16 Å². The van der Waals surface area contributed by atoms with Crippen LogP contribution in [0.25, 0.3) is 17.1 Å². The molecule has 29 heavy (non-hydrogen) atoms. The van der Waals surface area contributed by atoms with Crippen LogP contribution in [-0.4, -0.2) is 43.3 Å². The van der Waals surface area contributed by atoms with E-state index in [1.54, 1.807) is 28.4 Å². The van der Waals surface area contributed by atoms with Crippen molar-refractivity contribution in [1.82, 2.24) is 14.9 Å². The molecule has 0 aliphatic carbocycles. The van der Waals surface area contributed by atoms with E-state index in [0.717, 1.165) is 22.0 Å². The zero-order chi connectivity index (χ0) is 20.4. The molecule has 9 heteroatoms. The highest BCUT2D eigenvalue weighted by molar-refractivity contribution is 8.02. The van der Waals surface area contributed by atoms with Crippen LogP contribution < -0.4 is 24.4 Å². The number of benzene rings is 2. The molecular weight excluding hydrogens is 392 g/mol. The molecule has 150 valence electrons. The van der Waals surface area contributed by atoms with E-state index in [9.17, 15) is 0 Å². The van der Waals surface area contributed by atoms with Gasteiger partial charge >= 0.3 is 0 Å². The number of nitrogens with zero attached hydrogens (tertiary/aromatic N) is 3. The van der Waals surface area contributed by atoms with E-state index in [1.807, 2.05) is 46.5 Å². The number of methoxy groups -OCH3 is 4. The molecule has 4 rings (SSSR count). The number of rotatable bonds is 6. The molecule has 0 fully saturated rings. The van der Waals surface area contributed by atoms with E-state index in [2.05, 4.69) is 15.6 Å². The van der Waals surface area contributed by atoms with Gasteiger partial charge in [-0.15, -0.1) is 10.2 Å². The molecule has 0 saturated carbocycles. The molecule has 1 aromatic heterocycles. The molecule has 8 nitrogen and oxygen atoms in total. The molecule has 2 heterocycles. The lowest BCUT2D eigenvalue weighted by atomic mass is 10.1. The van der Waals surface area contributed by atoms with Crippen molar-refractivity contribution in [3.8, 4) is 34.4 Å². The van der Waals surface area contributed by atoms with Crippen LogP contribution in [0, 0.1) is 0 Å². The molecule has 0 bridgehead atoms. The van der Waals surface area contributed by atoms with Gasteiger partial charge in [0.25, 0.3) is 0 Å². The first-order chi connectivity index (χ1) is 14.2. The topological polar surface area (TPSA) is 79.7 Å². The maximum absolute atomic E-state index is 5.53. The summed E-state index contributed by atoms with van der Waals surface area (Å²) in [5, 5.41) is 11.3. The monoisotopic (exact) mass is 412 g/mol. The van der Waals surface area contributed by atoms with Crippen molar-refractivity contribution in [1.29, 1.82) is 0 Å². The average Bonchev–Trinajstić information content (AvgIpc) is 3.21. The van der Waals surface area contributed by atoms with Crippen LogP contribution in [0.1, 0.15) is 5.56 Å². The van der Waals surface area contributed by atoms with Crippen molar-refractivity contribution < 1.29 is 18.9 Å². The van der Waals surface area contributed by atoms with Crippen molar-refractivity contribution >= 4 is 17.5 Å². The lowest BCUT2D eigenvalue weighted by Gasteiger charge is -2.20. The Morgan fingerprint density at radius 2 is 1.62 bits per heavy atom. The molecule has 1 aliphatic heterocycles. The van der Waals surface area contributed by atoms with Gasteiger partial charge in [0.15, 0.2) is 17.3 Å². The fourth-order valence-electron chi connectivity index (χ4n) is 3.00. The minimum atomic E-state index is 0.637. The fraction of sp³-hybridized carbons (Fsp3) is 0.200. The predicted molar refractivity (Wildman–Crippen MR) is 111 cm³/mol. The molecule has 1 aliphatic rings. The molecule has 1 N–H and O–H groups in total. The number of thioether (sulfide) groups is 1. The summed E-state index contributed by atoms with van der Waals surface area (Å²) in [5.41, 5.74) is 6.01. The molecule has 2 aromatic carbocycles. The third-order valence-corrected chi connectivity index (χ3v) is 5.32. The summed E-state index contributed by atoms with van der Waals surface area (Å²) in [6.07, 6.45) is 0. The quantitative estimate of drug-likeness (QED) is 0.658. The van der Waals surface area contributed by atoms with E-state index >= 15 is 0 Å². The Hall–Kier alpha value is -3.33.